The topological polar surface area (TPSA) is 91.6 Å². The first-order valence-electron chi connectivity index (χ1n) is 9.40. The van der Waals surface area contributed by atoms with Crippen molar-refractivity contribution in [3.05, 3.63) is 71.6 Å². The van der Waals surface area contributed by atoms with Crippen LogP contribution in [0.4, 0.5) is 11.6 Å². The number of pyridine rings is 1. The lowest BCUT2D eigenvalue weighted by Crippen LogP contribution is -2.49. The molecule has 8 nitrogen and oxygen atoms in total. The summed E-state index contributed by atoms with van der Waals surface area (Å²) in [6.45, 7) is 4.48. The average molecular weight is 391 g/mol. The fourth-order valence-corrected chi connectivity index (χ4v) is 3.24. The van der Waals surface area contributed by atoms with Crippen molar-refractivity contribution < 1.29 is 14.1 Å². The quantitative estimate of drug-likeness (QED) is 0.735. The molecule has 0 spiro atoms. The molecule has 1 N–H and O–H groups in total. The van der Waals surface area contributed by atoms with Gasteiger partial charge in [0.05, 0.1) is 0 Å². The number of aryl methyl sites for hydroxylation is 1. The molecule has 8 heteroatoms. The average Bonchev–Trinajstić information content (AvgIpc) is 3.18. The van der Waals surface area contributed by atoms with Gasteiger partial charge in [-0.25, -0.2) is 4.98 Å². The number of hydrogen-bond donors (Lipinski definition) is 1. The number of carbonyl (C=O) groups is 2. The summed E-state index contributed by atoms with van der Waals surface area (Å²) < 4.78 is 4.93. The Bertz CT molecular complexity index is 993. The first-order valence-corrected chi connectivity index (χ1v) is 9.40. The number of amides is 2. The molecule has 1 aliphatic heterocycles. The molecule has 1 saturated heterocycles. The van der Waals surface area contributed by atoms with Crippen LogP contribution in [0.3, 0.4) is 0 Å². The molecule has 0 saturated carbocycles. The Morgan fingerprint density at radius 3 is 2.34 bits per heavy atom. The molecule has 2 amide bonds. The number of aromatic nitrogens is 2. The molecule has 29 heavy (non-hydrogen) atoms. The summed E-state index contributed by atoms with van der Waals surface area (Å²) in [6, 6.07) is 14.1. The second-order valence-electron chi connectivity index (χ2n) is 6.82. The van der Waals surface area contributed by atoms with Gasteiger partial charge in [0.15, 0.2) is 5.82 Å². The van der Waals surface area contributed by atoms with Crippen LogP contribution in [0.15, 0.2) is 59.3 Å². The number of anilines is 2. The number of nitrogens with zero attached hydrogens (tertiary/aromatic N) is 4. The van der Waals surface area contributed by atoms with Gasteiger partial charge >= 0.3 is 0 Å². The number of hydrogen-bond acceptors (Lipinski definition) is 6. The fourth-order valence-electron chi connectivity index (χ4n) is 3.24. The molecule has 0 radical (unpaired) electrons. The third-order valence-corrected chi connectivity index (χ3v) is 4.80. The van der Waals surface area contributed by atoms with Gasteiger partial charge in [0, 0.05) is 49.6 Å². The summed E-state index contributed by atoms with van der Waals surface area (Å²) in [7, 11) is 0. The van der Waals surface area contributed by atoms with Crippen LogP contribution in [0, 0.1) is 6.92 Å². The number of benzene rings is 1. The summed E-state index contributed by atoms with van der Waals surface area (Å²) in [6.07, 6.45) is 1.77. The minimum absolute atomic E-state index is 0.0373. The molecule has 4 rings (SSSR count). The molecule has 1 fully saturated rings. The van der Waals surface area contributed by atoms with Crippen molar-refractivity contribution >= 4 is 23.5 Å². The zero-order chi connectivity index (χ0) is 20.2. The van der Waals surface area contributed by atoms with Gasteiger partial charge < -0.3 is 19.6 Å². The summed E-state index contributed by atoms with van der Waals surface area (Å²) in [5.74, 6) is 1.56. The van der Waals surface area contributed by atoms with Crippen molar-refractivity contribution in [3.63, 3.8) is 0 Å². The molecule has 0 aliphatic carbocycles. The highest BCUT2D eigenvalue weighted by Crippen LogP contribution is 2.16. The maximum Gasteiger partial charge on any atom is 0.256 e. The monoisotopic (exact) mass is 391 g/mol. The Morgan fingerprint density at radius 1 is 1.00 bits per heavy atom. The van der Waals surface area contributed by atoms with E-state index in [0.717, 1.165) is 18.9 Å². The minimum atomic E-state index is -0.304. The van der Waals surface area contributed by atoms with Crippen LogP contribution in [0.1, 0.15) is 26.5 Å². The van der Waals surface area contributed by atoms with Gasteiger partial charge in [0.1, 0.15) is 11.6 Å². The van der Waals surface area contributed by atoms with E-state index in [1.165, 1.54) is 0 Å². The van der Waals surface area contributed by atoms with Crippen LogP contribution in [0.25, 0.3) is 0 Å². The Hall–Kier alpha value is -3.68. The first kappa shape index (κ1) is 18.7. The lowest BCUT2D eigenvalue weighted by atomic mass is 10.1. The van der Waals surface area contributed by atoms with Crippen LogP contribution >= 0.6 is 0 Å². The number of rotatable bonds is 4. The van der Waals surface area contributed by atoms with Gasteiger partial charge in [-0.15, -0.1) is 0 Å². The Morgan fingerprint density at radius 2 is 1.72 bits per heavy atom. The minimum Gasteiger partial charge on any atom is -0.360 e. The van der Waals surface area contributed by atoms with Gasteiger partial charge in [-0.1, -0.05) is 11.2 Å². The Balaban J connectivity index is 1.35. The van der Waals surface area contributed by atoms with Crippen molar-refractivity contribution in [2.24, 2.45) is 0 Å². The summed E-state index contributed by atoms with van der Waals surface area (Å²) in [4.78, 5) is 33.4. The molecule has 0 bridgehead atoms. The van der Waals surface area contributed by atoms with E-state index >= 15 is 0 Å². The van der Waals surface area contributed by atoms with Gasteiger partial charge in [0.2, 0.25) is 0 Å². The van der Waals surface area contributed by atoms with E-state index in [2.05, 4.69) is 20.4 Å². The third kappa shape index (κ3) is 4.26. The lowest BCUT2D eigenvalue weighted by Gasteiger charge is -2.35. The van der Waals surface area contributed by atoms with Crippen molar-refractivity contribution in [1.82, 2.24) is 15.0 Å². The summed E-state index contributed by atoms with van der Waals surface area (Å²) in [5, 5.41) is 6.40. The standard InChI is InChI=1S/C21H21N5O3/c1-15-14-18(24-29-15)23-20(27)16-5-7-17(8-6-16)21(28)26-12-10-25(11-13-26)19-4-2-3-9-22-19/h2-9,14H,10-13H2,1H3,(H,23,24,27). The van der Waals surface area contributed by atoms with Crippen molar-refractivity contribution in [3.8, 4) is 0 Å². The second-order valence-corrected chi connectivity index (χ2v) is 6.82. The predicted octanol–water partition coefficient (Wildman–Crippen LogP) is 2.59. The SMILES string of the molecule is Cc1cc(NC(=O)c2ccc(C(=O)N3CCN(c4ccccn4)CC3)cc2)no1. The molecular weight excluding hydrogens is 370 g/mol. The van der Waals surface area contributed by atoms with E-state index in [1.807, 2.05) is 23.1 Å². The highest BCUT2D eigenvalue weighted by atomic mass is 16.5. The van der Waals surface area contributed by atoms with Crippen LogP contribution in [-0.2, 0) is 0 Å². The highest BCUT2D eigenvalue weighted by molar-refractivity contribution is 6.04. The normalized spacial score (nSPS) is 14.0. The van der Waals surface area contributed by atoms with E-state index in [0.29, 0.717) is 35.8 Å². The van der Waals surface area contributed by atoms with Gasteiger partial charge in [-0.05, 0) is 43.3 Å². The van der Waals surface area contributed by atoms with Crippen molar-refractivity contribution in [1.29, 1.82) is 0 Å². The van der Waals surface area contributed by atoms with E-state index in [9.17, 15) is 9.59 Å². The predicted molar refractivity (Wildman–Crippen MR) is 108 cm³/mol. The smallest absolute Gasteiger partial charge is 0.256 e. The van der Waals surface area contributed by atoms with Gasteiger partial charge in [0.25, 0.3) is 11.8 Å². The zero-order valence-electron chi connectivity index (χ0n) is 16.0. The molecule has 3 aromatic rings. The zero-order valence-corrected chi connectivity index (χ0v) is 16.0. The molecule has 0 atom stereocenters. The number of carbonyl (C=O) groups excluding carboxylic acids is 2. The van der Waals surface area contributed by atoms with Gasteiger partial charge in [-0.3, -0.25) is 9.59 Å². The first-order chi connectivity index (χ1) is 14.1. The number of nitrogens with one attached hydrogen (secondary N) is 1. The third-order valence-electron chi connectivity index (χ3n) is 4.80. The Kier molecular flexibility index (Phi) is 5.24. The molecule has 148 valence electrons. The van der Waals surface area contributed by atoms with E-state index in [-0.39, 0.29) is 11.8 Å². The van der Waals surface area contributed by atoms with Gasteiger partial charge in [-0.2, -0.15) is 0 Å². The molecule has 3 heterocycles. The van der Waals surface area contributed by atoms with Crippen LogP contribution < -0.4 is 10.2 Å². The Labute approximate surface area is 168 Å². The molecule has 0 unspecified atom stereocenters. The maximum atomic E-state index is 12.8. The van der Waals surface area contributed by atoms with Crippen LogP contribution in [0.5, 0.6) is 0 Å². The van der Waals surface area contributed by atoms with E-state index in [1.54, 1.807) is 43.5 Å². The van der Waals surface area contributed by atoms with E-state index < -0.39 is 0 Å². The summed E-state index contributed by atoms with van der Waals surface area (Å²) >= 11 is 0. The van der Waals surface area contributed by atoms with E-state index in [4.69, 9.17) is 4.52 Å². The summed E-state index contributed by atoms with van der Waals surface area (Å²) in [5.41, 5.74) is 1.01. The van der Waals surface area contributed by atoms with Crippen molar-refractivity contribution in [2.45, 2.75) is 6.92 Å². The number of piperazine rings is 1. The lowest BCUT2D eigenvalue weighted by molar-refractivity contribution is 0.0746. The van der Waals surface area contributed by atoms with Crippen molar-refractivity contribution in [2.75, 3.05) is 36.4 Å². The molecular formula is C21H21N5O3. The molecule has 2 aromatic heterocycles. The fraction of sp³-hybridized carbons (Fsp3) is 0.238. The van der Waals surface area contributed by atoms with Crippen LogP contribution in [-0.4, -0.2) is 53.0 Å². The second kappa shape index (κ2) is 8.14. The highest BCUT2D eigenvalue weighted by Gasteiger charge is 2.23. The largest absolute Gasteiger partial charge is 0.360 e. The maximum absolute atomic E-state index is 12.8. The molecule has 1 aliphatic rings. The van der Waals surface area contributed by atoms with Crippen LogP contribution in [0.2, 0.25) is 0 Å². The molecule has 1 aromatic carbocycles.